The highest BCUT2D eigenvalue weighted by Gasteiger charge is 2.06. The molecule has 23 heavy (non-hydrogen) atoms. The number of fused-ring (bicyclic) bond motifs is 1. The first-order chi connectivity index (χ1) is 11.1. The van der Waals surface area contributed by atoms with Gasteiger partial charge in [0.15, 0.2) is 0 Å². The Labute approximate surface area is 133 Å². The van der Waals surface area contributed by atoms with E-state index in [4.69, 9.17) is 4.42 Å². The molecule has 0 saturated heterocycles. The molecule has 0 bridgehead atoms. The topological polar surface area (TPSA) is 59.3 Å². The lowest BCUT2D eigenvalue weighted by Crippen LogP contribution is -2.12. The summed E-state index contributed by atoms with van der Waals surface area (Å²) in [6.45, 7) is 1.86. The van der Waals surface area contributed by atoms with Gasteiger partial charge in [0.2, 0.25) is 5.91 Å². The average Bonchev–Trinajstić information content (AvgIpc) is 2.53. The molecule has 4 heteroatoms. The van der Waals surface area contributed by atoms with Crippen molar-refractivity contribution in [3.8, 4) is 0 Å². The number of amides is 1. The summed E-state index contributed by atoms with van der Waals surface area (Å²) in [5, 5.41) is 3.71. The first-order valence-corrected chi connectivity index (χ1v) is 7.50. The Balaban J connectivity index is 1.71. The molecule has 1 heterocycles. The van der Waals surface area contributed by atoms with E-state index in [2.05, 4.69) is 5.32 Å². The average molecular weight is 307 g/mol. The quantitative estimate of drug-likeness (QED) is 0.748. The van der Waals surface area contributed by atoms with Crippen LogP contribution in [0.15, 0.2) is 63.8 Å². The van der Waals surface area contributed by atoms with Crippen LogP contribution in [-0.4, -0.2) is 5.91 Å². The highest BCUT2D eigenvalue weighted by atomic mass is 16.4. The molecule has 3 aromatic rings. The summed E-state index contributed by atoms with van der Waals surface area (Å²) >= 11 is 0. The van der Waals surface area contributed by atoms with E-state index < -0.39 is 0 Å². The molecule has 0 aliphatic carbocycles. The number of nitrogens with one attached hydrogen (secondary N) is 1. The van der Waals surface area contributed by atoms with Crippen molar-refractivity contribution in [2.24, 2.45) is 0 Å². The van der Waals surface area contributed by atoms with Crippen molar-refractivity contribution < 1.29 is 9.21 Å². The van der Waals surface area contributed by atoms with Crippen LogP contribution in [0.4, 0.5) is 5.69 Å². The lowest BCUT2D eigenvalue weighted by molar-refractivity contribution is -0.116. The maximum atomic E-state index is 12.1. The molecule has 2 aromatic carbocycles. The third kappa shape index (κ3) is 3.66. The summed E-state index contributed by atoms with van der Waals surface area (Å²) in [5.74, 6) is -0.0665. The SMILES string of the molecule is Cc1cc(=O)oc2cc(NC(=O)CCc3ccccc3)ccc12. The summed E-state index contributed by atoms with van der Waals surface area (Å²) in [5.41, 5.74) is 2.71. The minimum absolute atomic E-state index is 0.0665. The summed E-state index contributed by atoms with van der Waals surface area (Å²) in [7, 11) is 0. The molecule has 0 saturated carbocycles. The fourth-order valence-electron chi connectivity index (χ4n) is 2.53. The van der Waals surface area contributed by atoms with Gasteiger partial charge in [0.25, 0.3) is 0 Å². The minimum Gasteiger partial charge on any atom is -0.423 e. The first-order valence-electron chi connectivity index (χ1n) is 7.50. The summed E-state index contributed by atoms with van der Waals surface area (Å²) in [4.78, 5) is 23.5. The molecule has 0 atom stereocenters. The molecular formula is C19H17NO3. The van der Waals surface area contributed by atoms with Gasteiger partial charge >= 0.3 is 5.63 Å². The lowest BCUT2D eigenvalue weighted by atomic mass is 10.1. The molecule has 0 aliphatic rings. The molecule has 0 radical (unpaired) electrons. The Bertz CT molecular complexity index is 897. The van der Waals surface area contributed by atoms with E-state index in [9.17, 15) is 9.59 Å². The second-order valence-corrected chi connectivity index (χ2v) is 5.49. The largest absolute Gasteiger partial charge is 0.423 e. The van der Waals surface area contributed by atoms with Crippen molar-refractivity contribution in [3.63, 3.8) is 0 Å². The van der Waals surface area contributed by atoms with Gasteiger partial charge in [-0.3, -0.25) is 4.79 Å². The van der Waals surface area contributed by atoms with E-state index in [0.29, 0.717) is 24.1 Å². The van der Waals surface area contributed by atoms with Gasteiger partial charge in [0, 0.05) is 29.6 Å². The van der Waals surface area contributed by atoms with Gasteiger partial charge in [-0.15, -0.1) is 0 Å². The van der Waals surface area contributed by atoms with Gasteiger partial charge in [-0.2, -0.15) is 0 Å². The predicted octanol–water partition coefficient (Wildman–Crippen LogP) is 3.67. The molecule has 4 nitrogen and oxygen atoms in total. The van der Waals surface area contributed by atoms with Crippen molar-refractivity contribution in [1.29, 1.82) is 0 Å². The van der Waals surface area contributed by atoms with Crippen LogP contribution in [-0.2, 0) is 11.2 Å². The van der Waals surface area contributed by atoms with E-state index in [0.717, 1.165) is 16.5 Å². The second kappa shape index (κ2) is 6.48. The normalized spacial score (nSPS) is 10.7. The van der Waals surface area contributed by atoms with Crippen LogP contribution < -0.4 is 10.9 Å². The molecular weight excluding hydrogens is 290 g/mol. The first kappa shape index (κ1) is 15.0. The Morgan fingerprint density at radius 1 is 1.09 bits per heavy atom. The van der Waals surface area contributed by atoms with Crippen molar-refractivity contribution in [2.45, 2.75) is 19.8 Å². The third-order valence-electron chi connectivity index (χ3n) is 3.72. The van der Waals surface area contributed by atoms with Crippen molar-refractivity contribution >= 4 is 22.6 Å². The Morgan fingerprint density at radius 2 is 1.87 bits per heavy atom. The van der Waals surface area contributed by atoms with Crippen molar-refractivity contribution in [3.05, 3.63) is 76.1 Å². The molecule has 116 valence electrons. The number of aryl methyl sites for hydroxylation is 2. The zero-order valence-electron chi connectivity index (χ0n) is 12.8. The highest BCUT2D eigenvalue weighted by Crippen LogP contribution is 2.20. The van der Waals surface area contributed by atoms with Gasteiger partial charge in [0.05, 0.1) is 0 Å². The van der Waals surface area contributed by atoms with Gasteiger partial charge in [-0.25, -0.2) is 4.79 Å². The number of carbonyl (C=O) groups excluding carboxylic acids is 1. The van der Waals surface area contributed by atoms with Crippen LogP contribution >= 0.6 is 0 Å². The second-order valence-electron chi connectivity index (χ2n) is 5.49. The fourth-order valence-corrected chi connectivity index (χ4v) is 2.53. The summed E-state index contributed by atoms with van der Waals surface area (Å²) < 4.78 is 5.19. The Kier molecular flexibility index (Phi) is 4.24. The Hall–Kier alpha value is -2.88. The number of hydrogen-bond acceptors (Lipinski definition) is 3. The van der Waals surface area contributed by atoms with Crippen LogP contribution in [0.5, 0.6) is 0 Å². The van der Waals surface area contributed by atoms with E-state index in [1.165, 1.54) is 6.07 Å². The van der Waals surface area contributed by atoms with Crippen molar-refractivity contribution in [1.82, 2.24) is 0 Å². The number of hydrogen-bond donors (Lipinski definition) is 1. The van der Waals surface area contributed by atoms with Crippen LogP contribution in [0.1, 0.15) is 17.5 Å². The minimum atomic E-state index is -0.387. The van der Waals surface area contributed by atoms with Gasteiger partial charge in [-0.1, -0.05) is 30.3 Å². The number of carbonyl (C=O) groups is 1. The van der Waals surface area contributed by atoms with E-state index in [1.54, 1.807) is 6.07 Å². The standard InChI is InChI=1S/C19H17NO3/c1-13-11-19(22)23-17-12-15(8-9-16(13)17)20-18(21)10-7-14-5-3-2-4-6-14/h2-6,8-9,11-12H,7,10H2,1H3,(H,20,21). The number of benzene rings is 2. The maximum Gasteiger partial charge on any atom is 0.336 e. The summed E-state index contributed by atoms with van der Waals surface area (Å²) in [6.07, 6.45) is 1.09. The molecule has 1 aromatic heterocycles. The monoisotopic (exact) mass is 307 g/mol. The lowest BCUT2D eigenvalue weighted by Gasteiger charge is -2.07. The molecule has 0 fully saturated rings. The number of anilines is 1. The van der Waals surface area contributed by atoms with Crippen LogP contribution in [0.2, 0.25) is 0 Å². The zero-order chi connectivity index (χ0) is 16.2. The van der Waals surface area contributed by atoms with E-state index in [1.807, 2.05) is 49.4 Å². The molecule has 0 unspecified atom stereocenters. The van der Waals surface area contributed by atoms with E-state index in [-0.39, 0.29) is 11.5 Å². The molecule has 1 N–H and O–H groups in total. The van der Waals surface area contributed by atoms with Gasteiger partial charge < -0.3 is 9.73 Å². The molecule has 0 aliphatic heterocycles. The van der Waals surface area contributed by atoms with Crippen molar-refractivity contribution in [2.75, 3.05) is 5.32 Å². The fraction of sp³-hybridized carbons (Fsp3) is 0.158. The smallest absolute Gasteiger partial charge is 0.336 e. The molecule has 0 spiro atoms. The van der Waals surface area contributed by atoms with Crippen LogP contribution in [0.25, 0.3) is 11.0 Å². The van der Waals surface area contributed by atoms with Crippen LogP contribution in [0, 0.1) is 6.92 Å². The number of rotatable bonds is 4. The van der Waals surface area contributed by atoms with E-state index >= 15 is 0 Å². The van der Waals surface area contributed by atoms with Gasteiger partial charge in [-0.05, 0) is 36.6 Å². The third-order valence-corrected chi connectivity index (χ3v) is 3.72. The predicted molar refractivity (Wildman–Crippen MR) is 90.6 cm³/mol. The molecule has 1 amide bonds. The molecule has 3 rings (SSSR count). The maximum absolute atomic E-state index is 12.1. The van der Waals surface area contributed by atoms with Crippen LogP contribution in [0.3, 0.4) is 0 Å². The van der Waals surface area contributed by atoms with Gasteiger partial charge in [0.1, 0.15) is 5.58 Å². The Morgan fingerprint density at radius 3 is 2.65 bits per heavy atom. The highest BCUT2D eigenvalue weighted by molar-refractivity contribution is 5.93. The zero-order valence-corrected chi connectivity index (χ0v) is 12.8. The summed E-state index contributed by atoms with van der Waals surface area (Å²) in [6, 6.07) is 16.7.